The highest BCUT2D eigenvalue weighted by Gasteiger charge is 2.21. The average molecular weight is 294 g/mol. The van der Waals surface area contributed by atoms with E-state index in [2.05, 4.69) is 0 Å². The normalized spacial score (nSPS) is 22.9. The van der Waals surface area contributed by atoms with Crippen LogP contribution in [0.1, 0.15) is 13.8 Å². The van der Waals surface area contributed by atoms with Crippen molar-refractivity contribution in [3.8, 4) is 0 Å². The van der Waals surface area contributed by atoms with Gasteiger partial charge in [-0.2, -0.15) is 0 Å². The third-order valence-corrected chi connectivity index (χ3v) is 3.99. The molecule has 1 heterocycles. The Morgan fingerprint density at radius 1 is 1.43 bits per heavy atom. The van der Waals surface area contributed by atoms with Gasteiger partial charge in [0, 0.05) is 22.5 Å². The maximum atomic E-state index is 11.1. The van der Waals surface area contributed by atoms with Crippen molar-refractivity contribution in [1.82, 2.24) is 0 Å². The molecule has 1 rings (SSSR count). The van der Waals surface area contributed by atoms with Crippen LogP contribution in [0, 0.1) is 0 Å². The van der Waals surface area contributed by atoms with Crippen molar-refractivity contribution >= 4 is 54.3 Å². The van der Waals surface area contributed by atoms with E-state index in [1.807, 2.05) is 0 Å². The van der Waals surface area contributed by atoms with Crippen molar-refractivity contribution in [2.45, 2.75) is 13.8 Å². The summed E-state index contributed by atoms with van der Waals surface area (Å²) in [7, 11) is 5.49. The fourth-order valence-corrected chi connectivity index (χ4v) is 3.71. The molecule has 1 atom stereocenters. The Hall–Kier alpha value is 0.600. The van der Waals surface area contributed by atoms with Crippen molar-refractivity contribution in [3.63, 3.8) is 0 Å². The van der Waals surface area contributed by atoms with Gasteiger partial charge >= 0.3 is 6.07 Å². The number of allylic oxidation sites excluding steroid dienone is 2. The molecule has 7 heteroatoms. The van der Waals surface area contributed by atoms with Crippen LogP contribution in [0.25, 0.3) is 0 Å². The summed E-state index contributed by atoms with van der Waals surface area (Å²) in [6.07, 6.45) is -3.54. The second-order valence-electron chi connectivity index (χ2n) is 2.75. The summed E-state index contributed by atoms with van der Waals surface area (Å²) in [6, 6.07) is 0. The number of hydrogen-bond donors (Lipinski definition) is 0. The van der Waals surface area contributed by atoms with Crippen LogP contribution >= 0.6 is 48.9 Å². The van der Waals surface area contributed by atoms with Gasteiger partial charge in [-0.05, 0) is 46.5 Å². The minimum atomic E-state index is -3.54. The maximum Gasteiger partial charge on any atom is 0.428 e. The van der Waals surface area contributed by atoms with Crippen molar-refractivity contribution in [1.29, 1.82) is 0 Å². The molecule has 0 aromatic carbocycles. The molecule has 1 unspecified atom stereocenters. The lowest BCUT2D eigenvalue weighted by Gasteiger charge is -2.16. The first-order valence-electron chi connectivity index (χ1n) is 3.61. The Morgan fingerprint density at radius 3 is 2.43 bits per heavy atom. The van der Waals surface area contributed by atoms with Crippen LogP contribution in [-0.4, -0.2) is 5.37 Å². The third-order valence-electron chi connectivity index (χ3n) is 1.49. The minimum Gasteiger partial charge on any atom is -0.422 e. The molecule has 0 aromatic rings. The van der Waals surface area contributed by atoms with Crippen LogP contribution in [0.15, 0.2) is 22.3 Å². The molecule has 0 spiro atoms. The molecule has 14 heavy (non-hydrogen) atoms. The monoisotopic (exact) mass is 292 g/mol. The molecule has 1 aliphatic heterocycles. The highest BCUT2D eigenvalue weighted by Crippen LogP contribution is 2.60. The van der Waals surface area contributed by atoms with Gasteiger partial charge in [0.25, 0.3) is 0 Å². The smallest absolute Gasteiger partial charge is 0.422 e. The SMILES string of the molecule is CC1=CS(Cl)=CC(C)=C1OP(=O)(Cl)Cl. The first kappa shape index (κ1) is 12.7. The van der Waals surface area contributed by atoms with Gasteiger partial charge in [-0.1, -0.05) is 9.70 Å². The molecular weight excluding hydrogens is 285 g/mol. The zero-order valence-corrected chi connectivity index (χ0v) is 11.4. The topological polar surface area (TPSA) is 26.3 Å². The van der Waals surface area contributed by atoms with Crippen molar-refractivity contribution in [3.05, 3.63) is 22.3 Å². The quantitative estimate of drug-likeness (QED) is 0.528. The molecule has 0 saturated carbocycles. The zero-order chi connectivity index (χ0) is 10.9. The molecule has 0 radical (unpaired) electrons. The van der Waals surface area contributed by atoms with Crippen molar-refractivity contribution in [2.75, 3.05) is 0 Å². The molecule has 0 bridgehead atoms. The summed E-state index contributed by atoms with van der Waals surface area (Å²) >= 11 is 10.7. The van der Waals surface area contributed by atoms with E-state index in [0.29, 0.717) is 5.76 Å². The van der Waals surface area contributed by atoms with E-state index >= 15 is 0 Å². The molecular formula is C7H8Cl3O2PS. The highest BCUT2D eigenvalue weighted by molar-refractivity contribution is 8.36. The largest absolute Gasteiger partial charge is 0.428 e. The van der Waals surface area contributed by atoms with Crippen LogP contribution in [0.3, 0.4) is 0 Å². The minimum absolute atomic E-state index is 0.428. The molecule has 0 saturated heterocycles. The molecule has 0 aromatic heterocycles. The molecule has 80 valence electrons. The Labute approximate surface area is 99.3 Å². The van der Waals surface area contributed by atoms with E-state index in [9.17, 15) is 4.57 Å². The molecule has 0 amide bonds. The van der Waals surface area contributed by atoms with Crippen LogP contribution in [0.5, 0.6) is 0 Å². The summed E-state index contributed by atoms with van der Waals surface area (Å²) in [5.74, 6) is 0.447. The van der Waals surface area contributed by atoms with Gasteiger partial charge in [-0.15, -0.1) is 0 Å². The van der Waals surface area contributed by atoms with Gasteiger partial charge in [-0.25, -0.2) is 4.57 Å². The zero-order valence-electron chi connectivity index (χ0n) is 7.46. The van der Waals surface area contributed by atoms with Gasteiger partial charge in [0.15, 0.2) is 0 Å². The van der Waals surface area contributed by atoms with Crippen LogP contribution in [0.2, 0.25) is 0 Å². The van der Waals surface area contributed by atoms with Crippen molar-refractivity contribution < 1.29 is 9.09 Å². The van der Waals surface area contributed by atoms with Crippen molar-refractivity contribution in [2.24, 2.45) is 0 Å². The predicted molar refractivity (Wildman–Crippen MR) is 66.4 cm³/mol. The second-order valence-corrected chi connectivity index (χ2v) is 9.12. The van der Waals surface area contributed by atoms with Gasteiger partial charge in [-0.3, -0.25) is 0 Å². The second kappa shape index (κ2) is 4.63. The van der Waals surface area contributed by atoms with Crippen LogP contribution in [-0.2, 0) is 9.09 Å². The summed E-state index contributed by atoms with van der Waals surface area (Å²) < 4.78 is 16.0. The lowest BCUT2D eigenvalue weighted by atomic mass is 10.2. The van der Waals surface area contributed by atoms with E-state index in [1.165, 1.54) is 0 Å². The van der Waals surface area contributed by atoms with Gasteiger partial charge in [0.1, 0.15) is 5.76 Å². The average Bonchev–Trinajstić information content (AvgIpc) is 1.95. The van der Waals surface area contributed by atoms with E-state index in [-0.39, 0.29) is 0 Å². The molecule has 0 N–H and O–H groups in total. The predicted octanol–water partition coefficient (Wildman–Crippen LogP) is 5.01. The summed E-state index contributed by atoms with van der Waals surface area (Å²) in [5.41, 5.74) is 1.59. The number of halogens is 3. The van der Waals surface area contributed by atoms with E-state index < -0.39 is 15.8 Å². The van der Waals surface area contributed by atoms with Crippen LogP contribution in [0.4, 0.5) is 0 Å². The summed E-state index contributed by atoms with van der Waals surface area (Å²) in [5, 5.41) is 3.60. The molecule has 2 nitrogen and oxygen atoms in total. The van der Waals surface area contributed by atoms with Gasteiger partial charge < -0.3 is 4.52 Å². The van der Waals surface area contributed by atoms with E-state index in [1.54, 1.807) is 24.6 Å². The summed E-state index contributed by atoms with van der Waals surface area (Å²) in [4.78, 5) is 0. The molecule has 0 fully saturated rings. The fraction of sp³-hybridized carbons (Fsp3) is 0.286. The molecule has 1 aliphatic rings. The highest BCUT2D eigenvalue weighted by atomic mass is 35.9. The third kappa shape index (κ3) is 3.63. The maximum absolute atomic E-state index is 11.1. The standard InChI is InChI=1S/C7H8Cl3O2PS/c1-5-3-14(10)4-6(2)7(5)12-13(8,9)11/h3-4H,1-2H3. The fourth-order valence-electron chi connectivity index (χ4n) is 1.04. The summed E-state index contributed by atoms with van der Waals surface area (Å²) in [6.45, 7) is 3.61. The van der Waals surface area contributed by atoms with Gasteiger partial charge in [0.2, 0.25) is 0 Å². The number of rotatable bonds is 2. The van der Waals surface area contributed by atoms with E-state index in [0.717, 1.165) is 11.1 Å². The Kier molecular flexibility index (Phi) is 4.19. The Bertz CT molecular complexity index is 391. The Balaban J connectivity index is 3.06. The van der Waals surface area contributed by atoms with Gasteiger partial charge in [0.05, 0.1) is 0 Å². The lowest BCUT2D eigenvalue weighted by Crippen LogP contribution is -1.97. The number of hydrogen-bond acceptors (Lipinski definition) is 2. The lowest BCUT2D eigenvalue weighted by molar-refractivity contribution is 0.436. The van der Waals surface area contributed by atoms with Crippen LogP contribution < -0.4 is 0 Å². The Morgan fingerprint density at radius 2 is 2.00 bits per heavy atom. The molecule has 0 aliphatic carbocycles. The first-order chi connectivity index (χ1) is 6.29. The van der Waals surface area contributed by atoms with E-state index in [4.69, 9.17) is 37.7 Å². The first-order valence-corrected chi connectivity index (χ1v) is 9.22.